The number of ketones is 1. The fourth-order valence-electron chi connectivity index (χ4n) is 3.62. The van der Waals surface area contributed by atoms with Crippen molar-refractivity contribution in [3.63, 3.8) is 0 Å². The van der Waals surface area contributed by atoms with Crippen molar-refractivity contribution in [3.8, 4) is 0 Å². The number of hydrogen-bond donors (Lipinski definition) is 2. The summed E-state index contributed by atoms with van der Waals surface area (Å²) in [6.07, 6.45) is 1.95. The van der Waals surface area contributed by atoms with Crippen molar-refractivity contribution >= 4 is 11.8 Å². The van der Waals surface area contributed by atoms with E-state index < -0.39 is 12.0 Å². The molecule has 0 heterocycles. The standard InChI is InChI=1S/C13H21NO3/c1-7(11(16)17)14-9-8-5-6-13(4,10(9)15)12(8,2)3/h7-9,14H,5-6H2,1-4H3,(H,16,17)/t7-,8?,9?,13?/m0/s1. The van der Waals surface area contributed by atoms with Crippen LogP contribution in [0.5, 0.6) is 0 Å². The molecule has 4 atom stereocenters. The molecule has 0 aromatic heterocycles. The van der Waals surface area contributed by atoms with Crippen LogP contribution < -0.4 is 5.32 Å². The predicted octanol–water partition coefficient (Wildman–Crippen LogP) is 1.44. The number of carbonyl (C=O) groups is 2. The molecule has 0 spiro atoms. The molecule has 0 saturated heterocycles. The molecule has 2 N–H and O–H groups in total. The third-order valence-corrected chi connectivity index (χ3v) is 5.33. The Morgan fingerprint density at radius 3 is 2.47 bits per heavy atom. The van der Waals surface area contributed by atoms with Gasteiger partial charge in [0.15, 0.2) is 5.78 Å². The maximum atomic E-state index is 12.4. The third kappa shape index (κ3) is 1.46. The molecular weight excluding hydrogens is 218 g/mol. The van der Waals surface area contributed by atoms with Crippen LogP contribution in [0.3, 0.4) is 0 Å². The number of nitrogens with one attached hydrogen (secondary N) is 1. The van der Waals surface area contributed by atoms with Crippen LogP contribution in [-0.2, 0) is 9.59 Å². The summed E-state index contributed by atoms with van der Waals surface area (Å²) in [6, 6.07) is -0.947. The molecule has 2 saturated carbocycles. The molecule has 0 amide bonds. The maximum Gasteiger partial charge on any atom is 0.320 e. The number of fused-ring (bicyclic) bond motifs is 2. The summed E-state index contributed by atoms with van der Waals surface area (Å²) < 4.78 is 0. The van der Waals surface area contributed by atoms with Gasteiger partial charge in [0.25, 0.3) is 0 Å². The second-order valence-electron chi connectivity index (χ2n) is 6.27. The average molecular weight is 239 g/mol. The number of hydrogen-bond acceptors (Lipinski definition) is 3. The molecule has 96 valence electrons. The highest BCUT2D eigenvalue weighted by molar-refractivity contribution is 5.94. The highest BCUT2D eigenvalue weighted by atomic mass is 16.4. The normalized spacial score (nSPS) is 40.6. The van der Waals surface area contributed by atoms with Crippen molar-refractivity contribution in [1.29, 1.82) is 0 Å². The van der Waals surface area contributed by atoms with Crippen LogP contribution in [-0.4, -0.2) is 28.9 Å². The molecule has 0 aromatic carbocycles. The fourth-order valence-corrected chi connectivity index (χ4v) is 3.62. The van der Waals surface area contributed by atoms with E-state index in [2.05, 4.69) is 19.2 Å². The lowest BCUT2D eigenvalue weighted by Crippen LogP contribution is -2.49. The molecule has 2 bridgehead atoms. The minimum Gasteiger partial charge on any atom is -0.480 e. The first-order valence-corrected chi connectivity index (χ1v) is 6.25. The van der Waals surface area contributed by atoms with E-state index in [0.29, 0.717) is 0 Å². The second kappa shape index (κ2) is 3.55. The van der Waals surface area contributed by atoms with Crippen molar-refractivity contribution in [2.45, 2.75) is 52.6 Å². The summed E-state index contributed by atoms with van der Waals surface area (Å²) in [5, 5.41) is 11.9. The first kappa shape index (κ1) is 12.6. The summed E-state index contributed by atoms with van der Waals surface area (Å²) in [4.78, 5) is 23.3. The highest BCUT2D eigenvalue weighted by Gasteiger charge is 2.66. The fraction of sp³-hybridized carbons (Fsp3) is 0.846. The smallest absolute Gasteiger partial charge is 0.320 e. The topological polar surface area (TPSA) is 66.4 Å². The number of aliphatic carboxylic acids is 1. The minimum atomic E-state index is -0.900. The van der Waals surface area contributed by atoms with Gasteiger partial charge in [0.2, 0.25) is 0 Å². The summed E-state index contributed by atoms with van der Waals surface area (Å²) in [7, 11) is 0. The SMILES string of the molecule is C[C@H](NC1C(=O)C2(C)CCC1C2(C)C)C(=O)O. The lowest BCUT2D eigenvalue weighted by molar-refractivity contribution is -0.139. The van der Waals surface area contributed by atoms with Gasteiger partial charge in [0.1, 0.15) is 6.04 Å². The summed E-state index contributed by atoms with van der Waals surface area (Å²) in [5.74, 6) is -0.433. The van der Waals surface area contributed by atoms with Gasteiger partial charge >= 0.3 is 5.97 Å². The predicted molar refractivity (Wildman–Crippen MR) is 63.6 cm³/mol. The molecule has 0 radical (unpaired) electrons. The number of carboxylic acids is 1. The molecule has 2 rings (SSSR count). The summed E-state index contributed by atoms with van der Waals surface area (Å²) in [6.45, 7) is 7.89. The number of rotatable bonds is 3. The van der Waals surface area contributed by atoms with Gasteiger partial charge in [0.05, 0.1) is 6.04 Å². The maximum absolute atomic E-state index is 12.4. The quantitative estimate of drug-likeness (QED) is 0.782. The monoisotopic (exact) mass is 239 g/mol. The van der Waals surface area contributed by atoms with E-state index in [-0.39, 0.29) is 28.6 Å². The highest BCUT2D eigenvalue weighted by Crippen LogP contribution is 2.63. The Balaban J connectivity index is 2.23. The summed E-state index contributed by atoms with van der Waals surface area (Å²) >= 11 is 0. The zero-order valence-electron chi connectivity index (χ0n) is 10.9. The molecule has 3 unspecified atom stereocenters. The average Bonchev–Trinajstić information content (AvgIpc) is 2.52. The first-order valence-electron chi connectivity index (χ1n) is 6.25. The van der Waals surface area contributed by atoms with Crippen molar-refractivity contribution in [1.82, 2.24) is 5.32 Å². The van der Waals surface area contributed by atoms with Crippen LogP contribution >= 0.6 is 0 Å². The van der Waals surface area contributed by atoms with Crippen molar-refractivity contribution in [2.24, 2.45) is 16.7 Å². The largest absolute Gasteiger partial charge is 0.480 e. The van der Waals surface area contributed by atoms with E-state index in [1.165, 1.54) is 0 Å². The number of Topliss-reactive ketones (excluding diaryl/α,β-unsaturated/α-hetero) is 1. The van der Waals surface area contributed by atoms with Crippen LogP contribution in [0.1, 0.15) is 40.5 Å². The van der Waals surface area contributed by atoms with Crippen LogP contribution in [0.25, 0.3) is 0 Å². The molecule has 2 aliphatic rings. The molecule has 2 aliphatic carbocycles. The second-order valence-corrected chi connectivity index (χ2v) is 6.27. The zero-order chi connectivity index (χ0) is 13.0. The van der Waals surface area contributed by atoms with Gasteiger partial charge in [-0.3, -0.25) is 14.9 Å². The Morgan fingerprint density at radius 2 is 2.06 bits per heavy atom. The Hall–Kier alpha value is -0.900. The van der Waals surface area contributed by atoms with Gasteiger partial charge in [-0.25, -0.2) is 0 Å². The van der Waals surface area contributed by atoms with E-state index >= 15 is 0 Å². The van der Waals surface area contributed by atoms with E-state index in [1.54, 1.807) is 6.92 Å². The Kier molecular flexibility index (Phi) is 2.62. The van der Waals surface area contributed by atoms with Crippen molar-refractivity contribution in [2.75, 3.05) is 0 Å². The molecule has 4 nitrogen and oxygen atoms in total. The Morgan fingerprint density at radius 1 is 1.47 bits per heavy atom. The van der Waals surface area contributed by atoms with Gasteiger partial charge < -0.3 is 5.11 Å². The third-order valence-electron chi connectivity index (χ3n) is 5.33. The van der Waals surface area contributed by atoms with E-state index in [1.807, 2.05) is 6.92 Å². The first-order chi connectivity index (χ1) is 7.72. The number of carboxylic acid groups (broad SMARTS) is 1. The van der Waals surface area contributed by atoms with Crippen molar-refractivity contribution < 1.29 is 14.7 Å². The van der Waals surface area contributed by atoms with Gasteiger partial charge in [-0.2, -0.15) is 0 Å². The molecule has 0 aliphatic heterocycles. The summed E-state index contributed by atoms with van der Waals surface area (Å²) in [5.41, 5.74) is -0.312. The zero-order valence-corrected chi connectivity index (χ0v) is 10.9. The van der Waals surface area contributed by atoms with Crippen LogP contribution in [0.2, 0.25) is 0 Å². The number of carbonyl (C=O) groups excluding carboxylic acids is 1. The van der Waals surface area contributed by atoms with Crippen LogP contribution in [0, 0.1) is 16.7 Å². The van der Waals surface area contributed by atoms with Crippen LogP contribution in [0.15, 0.2) is 0 Å². The van der Waals surface area contributed by atoms with Gasteiger partial charge in [0, 0.05) is 5.41 Å². The van der Waals surface area contributed by atoms with Gasteiger partial charge in [-0.15, -0.1) is 0 Å². The van der Waals surface area contributed by atoms with Gasteiger partial charge in [-0.05, 0) is 31.1 Å². The van der Waals surface area contributed by atoms with E-state index in [4.69, 9.17) is 5.11 Å². The Labute approximate surface area is 102 Å². The van der Waals surface area contributed by atoms with Crippen LogP contribution in [0.4, 0.5) is 0 Å². The van der Waals surface area contributed by atoms with E-state index in [0.717, 1.165) is 12.8 Å². The van der Waals surface area contributed by atoms with E-state index in [9.17, 15) is 9.59 Å². The molecular formula is C13H21NO3. The molecule has 0 aromatic rings. The molecule has 4 heteroatoms. The lowest BCUT2D eigenvalue weighted by atomic mass is 9.70. The molecule has 17 heavy (non-hydrogen) atoms. The lowest BCUT2D eigenvalue weighted by Gasteiger charge is -2.32. The Bertz CT molecular complexity index is 377. The minimum absolute atomic E-state index is 0.0278. The van der Waals surface area contributed by atoms with Gasteiger partial charge in [-0.1, -0.05) is 20.8 Å². The van der Waals surface area contributed by atoms with Crippen molar-refractivity contribution in [3.05, 3.63) is 0 Å². The molecule has 2 fully saturated rings.